The van der Waals surface area contributed by atoms with Crippen molar-refractivity contribution in [2.24, 2.45) is 0 Å². The highest BCUT2D eigenvalue weighted by atomic mass is 15.1. The average molecular weight is 751 g/mol. The summed E-state index contributed by atoms with van der Waals surface area (Å²) in [4.78, 5) is 2.49. The van der Waals surface area contributed by atoms with Crippen molar-refractivity contribution >= 4 is 60.4 Å². The fourth-order valence-electron chi connectivity index (χ4n) is 10.2. The Bertz CT molecular complexity index is 3210. The summed E-state index contributed by atoms with van der Waals surface area (Å²) in [5, 5.41) is 7.35. The first-order valence-electron chi connectivity index (χ1n) is 20.4. The first kappa shape index (κ1) is 33.5. The first-order chi connectivity index (χ1) is 29.3. The van der Waals surface area contributed by atoms with Gasteiger partial charge in [0.1, 0.15) is 0 Å². The minimum Gasteiger partial charge on any atom is -0.309 e. The highest BCUT2D eigenvalue weighted by molar-refractivity contribution is 6.10. The van der Waals surface area contributed by atoms with Crippen molar-refractivity contribution in [3.8, 4) is 16.8 Å². The second kappa shape index (κ2) is 13.2. The topological polar surface area (TPSA) is 8.17 Å². The van der Waals surface area contributed by atoms with E-state index in [2.05, 4.69) is 240 Å². The normalized spacial score (nSPS) is 12.9. The quantitative estimate of drug-likeness (QED) is 0.164. The minimum absolute atomic E-state index is 0.610. The lowest BCUT2D eigenvalue weighted by molar-refractivity contribution is 0.768. The molecule has 276 valence electrons. The Morgan fingerprint density at radius 3 is 1.41 bits per heavy atom. The number of hydrogen-bond donors (Lipinski definition) is 0. The number of anilines is 3. The molecule has 0 saturated heterocycles. The molecule has 0 radical (unpaired) electrons. The summed E-state index contributed by atoms with van der Waals surface area (Å²) in [6, 6.07) is 85.0. The van der Waals surface area contributed by atoms with Crippen LogP contribution in [0.1, 0.15) is 22.3 Å². The van der Waals surface area contributed by atoms with E-state index in [4.69, 9.17) is 0 Å². The maximum absolute atomic E-state index is 2.49. The van der Waals surface area contributed by atoms with E-state index in [0.717, 1.165) is 17.1 Å². The van der Waals surface area contributed by atoms with Gasteiger partial charge in [0.05, 0.1) is 33.5 Å². The van der Waals surface area contributed by atoms with Gasteiger partial charge in [-0.2, -0.15) is 0 Å². The van der Waals surface area contributed by atoms with E-state index in [1.807, 2.05) is 0 Å². The van der Waals surface area contributed by atoms with E-state index < -0.39 is 5.41 Å². The standard InChI is InChI=1S/C57H38N2/c1-3-22-41(23-4-1)57(42-24-5-2-6-25-42)49-30-17-35-55(59-53-31-13-11-28-46(53)47-29-12-14-32-54(47)59)56(49)48-37-36-43(38-50(48)57)58(51-33-15-20-39-18-7-9-26-44(39)51)52-34-16-21-40-19-8-10-27-45(40)52/h1-38H. The van der Waals surface area contributed by atoms with Crippen LogP contribution in [-0.2, 0) is 5.41 Å². The number of fused-ring (bicyclic) bond motifs is 8. The van der Waals surface area contributed by atoms with Crippen LogP contribution in [0.5, 0.6) is 0 Å². The predicted octanol–water partition coefficient (Wildman–Crippen LogP) is 14.9. The monoisotopic (exact) mass is 750 g/mol. The highest BCUT2D eigenvalue weighted by Gasteiger charge is 2.47. The fourth-order valence-corrected chi connectivity index (χ4v) is 10.2. The SMILES string of the molecule is c1ccc(C2(c3ccccc3)c3cc(N(c4cccc5ccccc45)c4cccc5ccccc45)ccc3-c3c(-n4c5ccccc5c5ccccc54)cccc32)cc1. The van der Waals surface area contributed by atoms with Gasteiger partial charge in [-0.3, -0.25) is 0 Å². The van der Waals surface area contributed by atoms with E-state index in [0.29, 0.717) is 0 Å². The number of nitrogens with zero attached hydrogens (tertiary/aromatic N) is 2. The molecule has 1 aromatic heterocycles. The number of hydrogen-bond acceptors (Lipinski definition) is 1. The van der Waals surface area contributed by atoms with Gasteiger partial charge in [-0.15, -0.1) is 0 Å². The summed E-state index contributed by atoms with van der Waals surface area (Å²) in [5.74, 6) is 0. The summed E-state index contributed by atoms with van der Waals surface area (Å²) < 4.78 is 2.49. The van der Waals surface area contributed by atoms with Gasteiger partial charge in [0, 0.05) is 32.8 Å². The van der Waals surface area contributed by atoms with Crippen molar-refractivity contribution in [1.82, 2.24) is 4.57 Å². The smallest absolute Gasteiger partial charge is 0.0715 e. The predicted molar refractivity (Wildman–Crippen MR) is 248 cm³/mol. The number of rotatable bonds is 6. The lowest BCUT2D eigenvalue weighted by Gasteiger charge is -2.35. The summed E-state index contributed by atoms with van der Waals surface area (Å²) in [6.07, 6.45) is 0. The Balaban J connectivity index is 1.22. The third kappa shape index (κ3) is 4.87. The molecule has 12 rings (SSSR count). The molecule has 0 saturated carbocycles. The molecule has 0 bridgehead atoms. The zero-order chi connectivity index (χ0) is 38.9. The number of benzene rings is 10. The molecule has 1 heterocycles. The third-order valence-corrected chi connectivity index (χ3v) is 12.6. The van der Waals surface area contributed by atoms with Gasteiger partial charge in [0.15, 0.2) is 0 Å². The average Bonchev–Trinajstić information content (AvgIpc) is 3.81. The van der Waals surface area contributed by atoms with Crippen molar-refractivity contribution in [2.75, 3.05) is 4.90 Å². The Kier molecular flexibility index (Phi) is 7.48. The molecule has 0 aliphatic heterocycles. The maximum atomic E-state index is 2.49. The van der Waals surface area contributed by atoms with Gasteiger partial charge in [0.25, 0.3) is 0 Å². The third-order valence-electron chi connectivity index (χ3n) is 12.6. The zero-order valence-electron chi connectivity index (χ0n) is 32.3. The van der Waals surface area contributed by atoms with Crippen LogP contribution in [0.25, 0.3) is 60.2 Å². The van der Waals surface area contributed by atoms with Crippen molar-refractivity contribution in [3.63, 3.8) is 0 Å². The molecule has 0 amide bonds. The van der Waals surface area contributed by atoms with Crippen LogP contribution < -0.4 is 4.90 Å². The molecule has 1 aliphatic rings. The van der Waals surface area contributed by atoms with Crippen LogP contribution in [0.3, 0.4) is 0 Å². The molecule has 11 aromatic rings. The molecule has 0 unspecified atom stereocenters. The van der Waals surface area contributed by atoms with Gasteiger partial charge >= 0.3 is 0 Å². The van der Waals surface area contributed by atoms with Gasteiger partial charge in [-0.25, -0.2) is 0 Å². The second-order valence-electron chi connectivity index (χ2n) is 15.6. The van der Waals surface area contributed by atoms with Gasteiger partial charge in [-0.05, 0) is 81.1 Å². The molecule has 10 aromatic carbocycles. The summed E-state index contributed by atoms with van der Waals surface area (Å²) in [7, 11) is 0. The molecule has 0 N–H and O–H groups in total. The molecule has 2 nitrogen and oxygen atoms in total. The van der Waals surface area contributed by atoms with Crippen molar-refractivity contribution in [1.29, 1.82) is 0 Å². The van der Waals surface area contributed by atoms with E-state index in [1.165, 1.54) is 82.4 Å². The van der Waals surface area contributed by atoms with E-state index >= 15 is 0 Å². The number of para-hydroxylation sites is 2. The van der Waals surface area contributed by atoms with Gasteiger partial charge in [-0.1, -0.05) is 188 Å². The summed E-state index contributed by atoms with van der Waals surface area (Å²) in [6.45, 7) is 0. The largest absolute Gasteiger partial charge is 0.309 e. The molecule has 59 heavy (non-hydrogen) atoms. The van der Waals surface area contributed by atoms with Crippen LogP contribution in [-0.4, -0.2) is 4.57 Å². The van der Waals surface area contributed by atoms with E-state index in [-0.39, 0.29) is 0 Å². The van der Waals surface area contributed by atoms with Crippen molar-refractivity contribution in [2.45, 2.75) is 5.41 Å². The zero-order valence-corrected chi connectivity index (χ0v) is 32.3. The molecule has 1 aliphatic carbocycles. The van der Waals surface area contributed by atoms with Crippen molar-refractivity contribution in [3.05, 3.63) is 253 Å². The molecule has 0 spiro atoms. The fraction of sp³-hybridized carbons (Fsp3) is 0.0175. The summed E-state index contributed by atoms with van der Waals surface area (Å²) in [5.41, 5.74) is 13.9. The molecule has 0 atom stereocenters. The lowest BCUT2D eigenvalue weighted by atomic mass is 9.67. The van der Waals surface area contributed by atoms with Crippen molar-refractivity contribution < 1.29 is 0 Å². The Hall–Kier alpha value is -7.68. The lowest BCUT2D eigenvalue weighted by Crippen LogP contribution is -2.28. The van der Waals surface area contributed by atoms with Gasteiger partial charge < -0.3 is 9.47 Å². The maximum Gasteiger partial charge on any atom is 0.0715 e. The van der Waals surface area contributed by atoms with E-state index in [9.17, 15) is 0 Å². The Morgan fingerprint density at radius 1 is 0.356 bits per heavy atom. The van der Waals surface area contributed by atoms with Crippen LogP contribution >= 0.6 is 0 Å². The minimum atomic E-state index is -0.610. The van der Waals surface area contributed by atoms with E-state index in [1.54, 1.807) is 0 Å². The summed E-state index contributed by atoms with van der Waals surface area (Å²) >= 11 is 0. The number of aromatic nitrogens is 1. The van der Waals surface area contributed by atoms with Gasteiger partial charge in [0.2, 0.25) is 0 Å². The molecular formula is C57H38N2. The Labute approximate surface area is 343 Å². The van der Waals surface area contributed by atoms with Crippen LogP contribution in [0.15, 0.2) is 231 Å². The highest BCUT2D eigenvalue weighted by Crippen LogP contribution is 2.59. The molecular weight excluding hydrogens is 713 g/mol. The first-order valence-corrected chi connectivity index (χ1v) is 20.4. The van der Waals surface area contributed by atoms with Crippen LogP contribution in [0.2, 0.25) is 0 Å². The second-order valence-corrected chi connectivity index (χ2v) is 15.6. The molecule has 2 heteroatoms. The molecule has 0 fully saturated rings. The Morgan fingerprint density at radius 2 is 0.831 bits per heavy atom. The van der Waals surface area contributed by atoms with Crippen LogP contribution in [0.4, 0.5) is 17.1 Å². The van der Waals surface area contributed by atoms with Crippen LogP contribution in [0, 0.1) is 0 Å².